The number of benzene rings is 1. The van der Waals surface area contributed by atoms with Gasteiger partial charge in [0, 0.05) is 11.1 Å². The summed E-state index contributed by atoms with van der Waals surface area (Å²) in [6.45, 7) is 6.66. The Morgan fingerprint density at radius 3 is 2.39 bits per heavy atom. The van der Waals surface area contributed by atoms with E-state index < -0.39 is 5.82 Å². The van der Waals surface area contributed by atoms with E-state index in [1.54, 1.807) is 0 Å². The summed E-state index contributed by atoms with van der Waals surface area (Å²) in [7, 11) is 3.86. The first kappa shape index (κ1) is 15.1. The van der Waals surface area contributed by atoms with Gasteiger partial charge in [0.25, 0.3) is 0 Å². The number of rotatable bonds is 5. The van der Waals surface area contributed by atoms with E-state index in [-0.39, 0.29) is 17.4 Å². The number of likely N-dealkylation sites (N-methyl/N-ethyl adjacent to an activating group) is 2. The maximum Gasteiger partial charge on any atom is 0.128 e. The minimum atomic E-state index is -0.413. The van der Waals surface area contributed by atoms with Crippen LogP contribution in [0.25, 0.3) is 0 Å². The van der Waals surface area contributed by atoms with Gasteiger partial charge in [-0.2, -0.15) is 0 Å². The molecule has 102 valence electrons. The molecule has 0 amide bonds. The van der Waals surface area contributed by atoms with Crippen molar-refractivity contribution in [2.75, 3.05) is 20.6 Å². The lowest BCUT2D eigenvalue weighted by Gasteiger charge is -2.41. The summed E-state index contributed by atoms with van der Waals surface area (Å²) in [4.78, 5) is 2.00. The molecule has 1 aromatic rings. The molecule has 2 nitrogen and oxygen atoms in total. The summed E-state index contributed by atoms with van der Waals surface area (Å²) >= 11 is 0. The monoisotopic (exact) mass is 256 g/mol. The number of nitrogens with zero attached hydrogens (tertiary/aromatic N) is 1. The van der Waals surface area contributed by atoms with Gasteiger partial charge in [-0.05, 0) is 52.7 Å². The molecule has 1 atom stereocenters. The van der Waals surface area contributed by atoms with Gasteiger partial charge in [-0.3, -0.25) is 0 Å². The zero-order valence-electron chi connectivity index (χ0n) is 11.7. The Kier molecular flexibility index (Phi) is 4.82. The van der Waals surface area contributed by atoms with Crippen molar-refractivity contribution in [1.82, 2.24) is 10.2 Å². The van der Waals surface area contributed by atoms with Gasteiger partial charge in [-0.25, -0.2) is 8.78 Å². The lowest BCUT2D eigenvalue weighted by Crippen LogP contribution is -2.49. The summed E-state index contributed by atoms with van der Waals surface area (Å²) in [5, 5.41) is 3.24. The van der Waals surface area contributed by atoms with Crippen molar-refractivity contribution < 1.29 is 8.78 Å². The molecule has 0 heterocycles. The molecule has 1 N–H and O–H groups in total. The standard InChI is InChI=1S/C14H22F2N2/c1-6-17-13(14(2,3)18(4)5)11-9-10(15)7-8-12(11)16/h7-9,13,17H,6H2,1-5H3. The second-order valence-corrected chi connectivity index (χ2v) is 5.20. The molecule has 4 heteroatoms. The Morgan fingerprint density at radius 2 is 1.89 bits per heavy atom. The molecule has 18 heavy (non-hydrogen) atoms. The van der Waals surface area contributed by atoms with Gasteiger partial charge in [-0.15, -0.1) is 0 Å². The summed E-state index contributed by atoms with van der Waals surface area (Å²) in [5.41, 5.74) is 0.0422. The van der Waals surface area contributed by atoms with Crippen molar-refractivity contribution in [1.29, 1.82) is 0 Å². The van der Waals surface area contributed by atoms with Crippen LogP contribution in [-0.4, -0.2) is 31.1 Å². The predicted molar refractivity (Wildman–Crippen MR) is 70.5 cm³/mol. The number of nitrogens with one attached hydrogen (secondary N) is 1. The molecule has 0 radical (unpaired) electrons. The van der Waals surface area contributed by atoms with E-state index >= 15 is 0 Å². The maximum atomic E-state index is 13.9. The molecule has 0 saturated heterocycles. The fraction of sp³-hybridized carbons (Fsp3) is 0.571. The largest absolute Gasteiger partial charge is 0.309 e. The Morgan fingerprint density at radius 1 is 1.28 bits per heavy atom. The quantitative estimate of drug-likeness (QED) is 0.871. The highest BCUT2D eigenvalue weighted by Crippen LogP contribution is 2.31. The van der Waals surface area contributed by atoms with Crippen LogP contribution in [0.1, 0.15) is 32.4 Å². The molecule has 1 aromatic carbocycles. The molecule has 0 aliphatic heterocycles. The predicted octanol–water partition coefficient (Wildman–Crippen LogP) is 2.96. The molecule has 1 unspecified atom stereocenters. The van der Waals surface area contributed by atoms with Gasteiger partial charge < -0.3 is 10.2 Å². The normalized spacial score (nSPS) is 14.0. The van der Waals surface area contributed by atoms with Gasteiger partial charge in [0.05, 0.1) is 6.04 Å². The van der Waals surface area contributed by atoms with Crippen LogP contribution in [0.4, 0.5) is 8.78 Å². The number of hydrogen-bond acceptors (Lipinski definition) is 2. The number of halogens is 2. The van der Waals surface area contributed by atoms with E-state index in [2.05, 4.69) is 5.32 Å². The zero-order valence-corrected chi connectivity index (χ0v) is 11.7. The highest BCUT2D eigenvalue weighted by Gasteiger charge is 2.34. The van der Waals surface area contributed by atoms with Crippen LogP contribution in [-0.2, 0) is 0 Å². The minimum absolute atomic E-state index is 0.270. The molecule has 0 aliphatic carbocycles. The Hall–Kier alpha value is -1.00. The van der Waals surface area contributed by atoms with Gasteiger partial charge in [-0.1, -0.05) is 6.92 Å². The van der Waals surface area contributed by atoms with Gasteiger partial charge in [0.1, 0.15) is 11.6 Å². The third-order valence-electron chi connectivity index (χ3n) is 3.54. The van der Waals surface area contributed by atoms with Crippen LogP contribution in [0.15, 0.2) is 18.2 Å². The SMILES string of the molecule is CCNC(c1cc(F)ccc1F)C(C)(C)N(C)C. The van der Waals surface area contributed by atoms with Crippen LogP contribution in [0.2, 0.25) is 0 Å². The first-order valence-corrected chi connectivity index (χ1v) is 6.16. The lowest BCUT2D eigenvalue weighted by atomic mass is 9.87. The molecule has 0 spiro atoms. The molecule has 0 aliphatic rings. The van der Waals surface area contributed by atoms with E-state index in [1.807, 2.05) is 39.8 Å². The van der Waals surface area contributed by atoms with E-state index in [1.165, 1.54) is 12.1 Å². The van der Waals surface area contributed by atoms with Crippen LogP contribution >= 0.6 is 0 Å². The van der Waals surface area contributed by atoms with E-state index in [0.29, 0.717) is 12.1 Å². The average molecular weight is 256 g/mol. The maximum absolute atomic E-state index is 13.9. The fourth-order valence-electron chi connectivity index (χ4n) is 1.94. The van der Waals surface area contributed by atoms with Crippen molar-refractivity contribution in [3.8, 4) is 0 Å². The summed E-state index contributed by atoms with van der Waals surface area (Å²) in [6.07, 6.45) is 0. The first-order valence-electron chi connectivity index (χ1n) is 6.16. The second-order valence-electron chi connectivity index (χ2n) is 5.20. The summed E-state index contributed by atoms with van der Waals surface area (Å²) in [5.74, 6) is -0.791. The van der Waals surface area contributed by atoms with Crippen molar-refractivity contribution in [3.63, 3.8) is 0 Å². The molecular weight excluding hydrogens is 234 g/mol. The van der Waals surface area contributed by atoms with Gasteiger partial charge in [0.2, 0.25) is 0 Å². The van der Waals surface area contributed by atoms with Crippen LogP contribution in [0.3, 0.4) is 0 Å². The Labute approximate surface area is 108 Å². The molecule has 0 saturated carbocycles. The highest BCUT2D eigenvalue weighted by atomic mass is 19.1. The third-order valence-corrected chi connectivity index (χ3v) is 3.54. The summed E-state index contributed by atoms with van der Waals surface area (Å²) in [6, 6.07) is 3.33. The van der Waals surface area contributed by atoms with Crippen molar-refractivity contribution >= 4 is 0 Å². The van der Waals surface area contributed by atoms with Gasteiger partial charge >= 0.3 is 0 Å². The smallest absolute Gasteiger partial charge is 0.128 e. The number of hydrogen-bond donors (Lipinski definition) is 1. The highest BCUT2D eigenvalue weighted by molar-refractivity contribution is 5.25. The van der Waals surface area contributed by atoms with Crippen molar-refractivity contribution in [3.05, 3.63) is 35.4 Å². The van der Waals surface area contributed by atoms with Crippen LogP contribution < -0.4 is 5.32 Å². The second kappa shape index (κ2) is 5.76. The topological polar surface area (TPSA) is 15.3 Å². The Bertz CT molecular complexity index is 403. The molecule has 0 aromatic heterocycles. The van der Waals surface area contributed by atoms with Crippen LogP contribution in [0, 0.1) is 11.6 Å². The zero-order chi connectivity index (χ0) is 13.9. The molecule has 0 fully saturated rings. The van der Waals surface area contributed by atoms with Gasteiger partial charge in [0.15, 0.2) is 0 Å². The molecule has 1 rings (SSSR count). The van der Waals surface area contributed by atoms with E-state index in [9.17, 15) is 8.78 Å². The average Bonchev–Trinajstić information content (AvgIpc) is 2.29. The van der Waals surface area contributed by atoms with E-state index in [4.69, 9.17) is 0 Å². The van der Waals surface area contributed by atoms with E-state index in [0.717, 1.165) is 6.07 Å². The summed E-state index contributed by atoms with van der Waals surface area (Å²) < 4.78 is 27.2. The first-order chi connectivity index (χ1) is 8.30. The fourth-order valence-corrected chi connectivity index (χ4v) is 1.94. The van der Waals surface area contributed by atoms with Crippen LogP contribution in [0.5, 0.6) is 0 Å². The molecular formula is C14H22F2N2. The minimum Gasteiger partial charge on any atom is -0.309 e. The molecule has 0 bridgehead atoms. The third kappa shape index (κ3) is 3.06. The Balaban J connectivity index is 3.23. The lowest BCUT2D eigenvalue weighted by molar-refractivity contribution is 0.136. The van der Waals surface area contributed by atoms with Crippen molar-refractivity contribution in [2.45, 2.75) is 32.4 Å². The van der Waals surface area contributed by atoms with Crippen molar-refractivity contribution in [2.24, 2.45) is 0 Å².